The van der Waals surface area contributed by atoms with Crippen molar-refractivity contribution in [2.45, 2.75) is 51.6 Å². The van der Waals surface area contributed by atoms with Gasteiger partial charge in [-0.25, -0.2) is 4.79 Å². The maximum Gasteiger partial charge on any atom is 0.338 e. The molecule has 3 nitrogen and oxygen atoms in total. The molecule has 0 bridgehead atoms. The Morgan fingerprint density at radius 3 is 2.12 bits per heavy atom. The summed E-state index contributed by atoms with van der Waals surface area (Å²) < 4.78 is 5.61. The van der Waals surface area contributed by atoms with Crippen molar-refractivity contribution in [1.82, 2.24) is 0 Å². The number of nitriles is 1. The van der Waals surface area contributed by atoms with Gasteiger partial charge in [-0.1, -0.05) is 49.7 Å². The number of rotatable bonds is 5. The molecular formula is C23H25NO2. The highest BCUT2D eigenvalue weighted by molar-refractivity contribution is 5.90. The third kappa shape index (κ3) is 4.52. The van der Waals surface area contributed by atoms with Crippen LogP contribution in [0.1, 0.15) is 54.9 Å². The van der Waals surface area contributed by atoms with Crippen LogP contribution in [-0.2, 0) is 11.2 Å². The van der Waals surface area contributed by atoms with Crippen LogP contribution in [0.4, 0.5) is 0 Å². The van der Waals surface area contributed by atoms with Crippen LogP contribution in [0.5, 0.6) is 0 Å². The molecule has 1 fully saturated rings. The van der Waals surface area contributed by atoms with Gasteiger partial charge < -0.3 is 4.74 Å². The minimum absolute atomic E-state index is 0.0575. The fourth-order valence-corrected chi connectivity index (χ4v) is 3.48. The first-order valence-electron chi connectivity index (χ1n) is 9.49. The van der Waals surface area contributed by atoms with Gasteiger partial charge in [-0.05, 0) is 60.9 Å². The lowest BCUT2D eigenvalue weighted by molar-refractivity contribution is 0.0187. The van der Waals surface area contributed by atoms with E-state index in [1.54, 1.807) is 0 Å². The molecule has 2 aromatic rings. The van der Waals surface area contributed by atoms with Crippen LogP contribution in [0.2, 0.25) is 0 Å². The molecule has 3 heteroatoms. The Kier molecular flexibility index (Phi) is 6.07. The number of hydrogen-bond donors (Lipinski definition) is 0. The van der Waals surface area contributed by atoms with Crippen LogP contribution in [0.15, 0.2) is 48.5 Å². The summed E-state index contributed by atoms with van der Waals surface area (Å²) in [5.41, 5.74) is 4.18. The van der Waals surface area contributed by atoms with Crippen molar-refractivity contribution in [1.29, 1.82) is 5.26 Å². The van der Waals surface area contributed by atoms with E-state index in [2.05, 4.69) is 37.3 Å². The summed E-state index contributed by atoms with van der Waals surface area (Å²) >= 11 is 0. The minimum atomic E-state index is -0.268. The lowest BCUT2D eigenvalue weighted by Crippen LogP contribution is -2.24. The van der Waals surface area contributed by atoms with Crippen molar-refractivity contribution in [3.8, 4) is 17.2 Å². The summed E-state index contributed by atoms with van der Waals surface area (Å²) in [4.78, 5) is 12.3. The SMILES string of the molecule is CCCc1ccc(-c2ccc(C(=O)OC3CCC(C#N)CC3)cc2)cc1. The van der Waals surface area contributed by atoms with Crippen molar-refractivity contribution < 1.29 is 9.53 Å². The Bertz CT molecular complexity index is 763. The maximum absolute atomic E-state index is 12.3. The van der Waals surface area contributed by atoms with E-state index in [0.29, 0.717) is 5.56 Å². The molecule has 0 spiro atoms. The fraction of sp³-hybridized carbons (Fsp3) is 0.391. The molecule has 0 aromatic heterocycles. The number of nitrogens with zero attached hydrogens (tertiary/aromatic N) is 1. The van der Waals surface area contributed by atoms with Gasteiger partial charge >= 0.3 is 5.97 Å². The topological polar surface area (TPSA) is 50.1 Å². The van der Waals surface area contributed by atoms with Gasteiger partial charge in [0.15, 0.2) is 0 Å². The number of carbonyl (C=O) groups excluding carboxylic acids is 1. The van der Waals surface area contributed by atoms with Crippen molar-refractivity contribution >= 4 is 5.97 Å². The molecule has 2 aromatic carbocycles. The van der Waals surface area contributed by atoms with Crippen molar-refractivity contribution in [2.75, 3.05) is 0 Å². The van der Waals surface area contributed by atoms with Crippen molar-refractivity contribution in [3.63, 3.8) is 0 Å². The van der Waals surface area contributed by atoms with Gasteiger partial charge in [0, 0.05) is 5.92 Å². The second kappa shape index (κ2) is 8.67. The number of esters is 1. The molecule has 0 atom stereocenters. The van der Waals surface area contributed by atoms with Crippen molar-refractivity contribution in [3.05, 3.63) is 59.7 Å². The zero-order valence-corrected chi connectivity index (χ0v) is 15.3. The van der Waals surface area contributed by atoms with Gasteiger partial charge in [-0.15, -0.1) is 0 Å². The maximum atomic E-state index is 12.3. The molecule has 0 aliphatic heterocycles. The predicted octanol–water partition coefficient (Wildman–Crippen LogP) is 5.55. The smallest absolute Gasteiger partial charge is 0.338 e. The summed E-state index contributed by atoms with van der Waals surface area (Å²) in [5.74, 6) is -0.150. The highest BCUT2D eigenvalue weighted by atomic mass is 16.5. The van der Waals surface area contributed by atoms with Crippen LogP contribution < -0.4 is 0 Å². The molecule has 134 valence electrons. The monoisotopic (exact) mass is 347 g/mol. The van der Waals surface area contributed by atoms with E-state index < -0.39 is 0 Å². The molecule has 0 radical (unpaired) electrons. The first-order chi connectivity index (χ1) is 12.7. The Labute approximate surface area is 155 Å². The highest BCUT2D eigenvalue weighted by Crippen LogP contribution is 2.27. The minimum Gasteiger partial charge on any atom is -0.459 e. The zero-order chi connectivity index (χ0) is 18.4. The average molecular weight is 347 g/mol. The van der Waals surface area contributed by atoms with E-state index in [0.717, 1.165) is 49.7 Å². The molecule has 0 unspecified atom stereocenters. The lowest BCUT2D eigenvalue weighted by atomic mass is 9.88. The quantitative estimate of drug-likeness (QED) is 0.667. The number of hydrogen-bond acceptors (Lipinski definition) is 3. The average Bonchev–Trinajstić information content (AvgIpc) is 2.69. The lowest BCUT2D eigenvalue weighted by Gasteiger charge is -2.24. The summed E-state index contributed by atoms with van der Waals surface area (Å²) in [7, 11) is 0. The van der Waals surface area contributed by atoms with Crippen LogP contribution >= 0.6 is 0 Å². The number of carbonyl (C=O) groups is 1. The molecule has 0 N–H and O–H groups in total. The molecule has 1 aliphatic rings. The van der Waals surface area contributed by atoms with E-state index in [4.69, 9.17) is 10.00 Å². The molecular weight excluding hydrogens is 322 g/mol. The van der Waals surface area contributed by atoms with Gasteiger partial charge in [0.2, 0.25) is 0 Å². The Balaban J connectivity index is 1.60. The van der Waals surface area contributed by atoms with Gasteiger partial charge in [0.05, 0.1) is 11.6 Å². The molecule has 26 heavy (non-hydrogen) atoms. The first kappa shape index (κ1) is 18.2. The summed E-state index contributed by atoms with van der Waals surface area (Å²) in [6.45, 7) is 2.18. The van der Waals surface area contributed by atoms with E-state index >= 15 is 0 Å². The van der Waals surface area contributed by atoms with E-state index in [-0.39, 0.29) is 18.0 Å². The number of aryl methyl sites for hydroxylation is 1. The van der Waals surface area contributed by atoms with E-state index in [9.17, 15) is 4.79 Å². The van der Waals surface area contributed by atoms with Crippen LogP contribution in [0.3, 0.4) is 0 Å². The third-order valence-corrected chi connectivity index (χ3v) is 5.08. The standard InChI is InChI=1S/C23H25NO2/c1-2-3-17-4-8-19(9-5-17)20-10-12-21(13-11-20)23(25)26-22-14-6-18(16-24)7-15-22/h4-5,8-13,18,22H,2-3,6-7,14-15H2,1H3. The zero-order valence-electron chi connectivity index (χ0n) is 15.3. The Hall–Kier alpha value is -2.60. The third-order valence-electron chi connectivity index (χ3n) is 5.08. The number of ether oxygens (including phenoxy) is 1. The Morgan fingerprint density at radius 1 is 1.00 bits per heavy atom. The molecule has 3 rings (SSSR count). The van der Waals surface area contributed by atoms with E-state index in [1.165, 1.54) is 5.56 Å². The molecule has 0 saturated heterocycles. The second-order valence-corrected chi connectivity index (χ2v) is 7.03. The first-order valence-corrected chi connectivity index (χ1v) is 9.49. The largest absolute Gasteiger partial charge is 0.459 e. The molecule has 1 aliphatic carbocycles. The summed E-state index contributed by atoms with van der Waals surface area (Å²) in [6, 6.07) is 18.5. The van der Waals surface area contributed by atoms with Crippen LogP contribution in [0.25, 0.3) is 11.1 Å². The second-order valence-electron chi connectivity index (χ2n) is 7.03. The van der Waals surface area contributed by atoms with Gasteiger partial charge in [-0.2, -0.15) is 5.26 Å². The summed E-state index contributed by atoms with van der Waals surface area (Å²) in [6.07, 6.45) is 5.40. The molecule has 1 saturated carbocycles. The molecule has 0 heterocycles. The van der Waals surface area contributed by atoms with Gasteiger partial charge in [0.1, 0.15) is 6.10 Å². The van der Waals surface area contributed by atoms with Gasteiger partial charge in [0.25, 0.3) is 0 Å². The normalized spacial score (nSPS) is 19.5. The molecule has 0 amide bonds. The number of benzene rings is 2. The van der Waals surface area contributed by atoms with E-state index in [1.807, 2.05) is 24.3 Å². The highest BCUT2D eigenvalue weighted by Gasteiger charge is 2.24. The predicted molar refractivity (Wildman–Crippen MR) is 103 cm³/mol. The van der Waals surface area contributed by atoms with Crippen LogP contribution in [-0.4, -0.2) is 12.1 Å². The summed E-state index contributed by atoms with van der Waals surface area (Å²) in [5, 5.41) is 8.94. The van der Waals surface area contributed by atoms with Crippen LogP contribution in [0, 0.1) is 17.2 Å². The fourth-order valence-electron chi connectivity index (χ4n) is 3.48. The Morgan fingerprint density at radius 2 is 1.58 bits per heavy atom. The van der Waals surface area contributed by atoms with Crippen molar-refractivity contribution in [2.24, 2.45) is 5.92 Å². The van der Waals surface area contributed by atoms with Gasteiger partial charge in [-0.3, -0.25) is 0 Å².